The normalized spacial score (nSPS) is 13.7. The fourth-order valence-corrected chi connectivity index (χ4v) is 2.77. The molecule has 0 saturated carbocycles. The number of ether oxygens (including phenoxy) is 1. The number of fused-ring (bicyclic) bond motifs is 1. The van der Waals surface area contributed by atoms with Crippen molar-refractivity contribution in [1.29, 1.82) is 0 Å². The quantitative estimate of drug-likeness (QED) is 0.913. The van der Waals surface area contributed by atoms with E-state index in [4.69, 9.17) is 4.74 Å². The Morgan fingerprint density at radius 1 is 1.45 bits per heavy atom. The number of carbonyl (C=O) groups is 1. The molecule has 1 aliphatic heterocycles. The number of nitrogens with one attached hydrogen (secondary N) is 1. The molecule has 5 nitrogen and oxygen atoms in total. The molecule has 0 aliphatic carbocycles. The Kier molecular flexibility index (Phi) is 4.53. The number of aromatic nitrogens is 2. The number of hydrogen-bond acceptors (Lipinski definition) is 3. The van der Waals surface area contributed by atoms with Crippen molar-refractivity contribution >= 4 is 5.91 Å². The Labute approximate surface area is 130 Å². The van der Waals surface area contributed by atoms with Gasteiger partial charge < -0.3 is 10.1 Å². The van der Waals surface area contributed by atoms with Gasteiger partial charge in [0.25, 0.3) is 0 Å². The fraction of sp³-hybridized carbons (Fsp3) is 0.412. The van der Waals surface area contributed by atoms with Crippen LogP contribution in [-0.4, -0.2) is 28.8 Å². The monoisotopic (exact) mass is 299 g/mol. The summed E-state index contributed by atoms with van der Waals surface area (Å²) in [5.41, 5.74) is 4.62. The molecule has 0 bridgehead atoms. The molecule has 1 N–H and O–H groups in total. The molecule has 2 aromatic rings. The third-order valence-electron chi connectivity index (χ3n) is 3.87. The van der Waals surface area contributed by atoms with Crippen molar-refractivity contribution < 1.29 is 9.53 Å². The highest BCUT2D eigenvalue weighted by atomic mass is 16.5. The highest BCUT2D eigenvalue weighted by molar-refractivity contribution is 5.78. The molecule has 1 aromatic heterocycles. The molecule has 3 rings (SSSR count). The average molecular weight is 299 g/mol. The molecule has 116 valence electrons. The number of amides is 1. The van der Waals surface area contributed by atoms with Crippen molar-refractivity contribution in [1.82, 2.24) is 15.1 Å². The average Bonchev–Trinajstić information content (AvgIpc) is 2.91. The van der Waals surface area contributed by atoms with E-state index in [1.165, 1.54) is 11.3 Å². The van der Waals surface area contributed by atoms with Crippen LogP contribution in [0, 0.1) is 6.92 Å². The van der Waals surface area contributed by atoms with Gasteiger partial charge in [0.2, 0.25) is 5.91 Å². The maximum atomic E-state index is 12.0. The zero-order chi connectivity index (χ0) is 15.4. The van der Waals surface area contributed by atoms with Crippen LogP contribution in [0.15, 0.2) is 30.5 Å². The van der Waals surface area contributed by atoms with Crippen LogP contribution in [-0.2, 0) is 35.5 Å². The van der Waals surface area contributed by atoms with Gasteiger partial charge in [-0.15, -0.1) is 0 Å². The lowest BCUT2D eigenvalue weighted by Crippen LogP contribution is -2.29. The van der Waals surface area contributed by atoms with Crippen molar-refractivity contribution in [2.75, 3.05) is 13.2 Å². The Morgan fingerprint density at radius 2 is 2.36 bits per heavy atom. The van der Waals surface area contributed by atoms with Crippen molar-refractivity contribution in [2.24, 2.45) is 0 Å². The molecule has 5 heteroatoms. The number of rotatable bonds is 5. The number of benzene rings is 1. The van der Waals surface area contributed by atoms with Crippen molar-refractivity contribution in [3.8, 4) is 0 Å². The maximum Gasteiger partial charge on any atom is 0.224 e. The molecule has 0 fully saturated rings. The largest absolute Gasteiger partial charge is 0.376 e. The van der Waals surface area contributed by atoms with Gasteiger partial charge >= 0.3 is 0 Å². The van der Waals surface area contributed by atoms with Gasteiger partial charge in [0.15, 0.2) is 0 Å². The van der Waals surface area contributed by atoms with Gasteiger partial charge in [-0.1, -0.05) is 29.8 Å². The predicted molar refractivity (Wildman–Crippen MR) is 83.5 cm³/mol. The fourth-order valence-electron chi connectivity index (χ4n) is 2.77. The molecule has 0 atom stereocenters. The van der Waals surface area contributed by atoms with E-state index in [1.807, 2.05) is 42.1 Å². The van der Waals surface area contributed by atoms with Crippen LogP contribution < -0.4 is 5.32 Å². The Morgan fingerprint density at radius 3 is 3.23 bits per heavy atom. The van der Waals surface area contributed by atoms with Crippen molar-refractivity contribution in [3.63, 3.8) is 0 Å². The highest BCUT2D eigenvalue weighted by Crippen LogP contribution is 2.15. The molecule has 0 unspecified atom stereocenters. The second kappa shape index (κ2) is 6.75. The maximum absolute atomic E-state index is 12.0. The molecule has 22 heavy (non-hydrogen) atoms. The first-order valence-electron chi connectivity index (χ1n) is 7.66. The van der Waals surface area contributed by atoms with Crippen LogP contribution in [0.25, 0.3) is 0 Å². The number of aryl methyl sites for hydroxylation is 1. The van der Waals surface area contributed by atoms with E-state index in [-0.39, 0.29) is 5.91 Å². The first kappa shape index (κ1) is 14.8. The molecule has 2 heterocycles. The summed E-state index contributed by atoms with van der Waals surface area (Å²) in [5.74, 6) is 0.0509. The van der Waals surface area contributed by atoms with Gasteiger partial charge in [0, 0.05) is 24.2 Å². The van der Waals surface area contributed by atoms with E-state index in [0.29, 0.717) is 26.1 Å². The topological polar surface area (TPSA) is 56.2 Å². The summed E-state index contributed by atoms with van der Waals surface area (Å²) in [5, 5.41) is 7.34. The number of nitrogens with zero attached hydrogens (tertiary/aromatic N) is 2. The SMILES string of the molecule is Cc1cccc(CC(=O)NCCn2ncc3c2CCOC3)c1. The summed E-state index contributed by atoms with van der Waals surface area (Å²) in [6.07, 6.45) is 3.18. The Balaban J connectivity index is 1.48. The van der Waals surface area contributed by atoms with E-state index in [0.717, 1.165) is 24.2 Å². The standard InChI is InChI=1S/C17H21N3O2/c1-13-3-2-4-14(9-13)10-17(21)18-6-7-20-16-5-8-22-12-15(16)11-19-20/h2-4,9,11H,5-8,10,12H2,1H3,(H,18,21). The van der Waals surface area contributed by atoms with E-state index in [1.54, 1.807) is 0 Å². The van der Waals surface area contributed by atoms with Gasteiger partial charge in [-0.2, -0.15) is 5.10 Å². The lowest BCUT2D eigenvalue weighted by Gasteiger charge is -2.14. The molecule has 0 radical (unpaired) electrons. The molecule has 1 amide bonds. The summed E-state index contributed by atoms with van der Waals surface area (Å²) in [4.78, 5) is 12.0. The molecular formula is C17H21N3O2. The second-order valence-corrected chi connectivity index (χ2v) is 5.66. The molecule has 0 spiro atoms. The van der Waals surface area contributed by atoms with E-state index in [9.17, 15) is 4.79 Å². The van der Waals surface area contributed by atoms with Crippen LogP contribution >= 0.6 is 0 Å². The van der Waals surface area contributed by atoms with Crippen molar-refractivity contribution in [2.45, 2.75) is 32.9 Å². The smallest absolute Gasteiger partial charge is 0.224 e. The predicted octanol–water partition coefficient (Wildman–Crippen LogP) is 1.62. The van der Waals surface area contributed by atoms with Gasteiger partial charge in [0.05, 0.1) is 32.4 Å². The van der Waals surface area contributed by atoms with E-state index in [2.05, 4.69) is 10.4 Å². The summed E-state index contributed by atoms with van der Waals surface area (Å²) < 4.78 is 7.38. The second-order valence-electron chi connectivity index (χ2n) is 5.66. The lowest BCUT2D eigenvalue weighted by atomic mass is 10.1. The number of hydrogen-bond donors (Lipinski definition) is 1. The first-order valence-corrected chi connectivity index (χ1v) is 7.66. The van der Waals surface area contributed by atoms with Crippen LogP contribution in [0.3, 0.4) is 0 Å². The Hall–Kier alpha value is -2.14. The molecule has 1 aliphatic rings. The zero-order valence-corrected chi connectivity index (χ0v) is 12.8. The lowest BCUT2D eigenvalue weighted by molar-refractivity contribution is -0.120. The summed E-state index contributed by atoms with van der Waals surface area (Å²) in [7, 11) is 0. The molecule has 1 aromatic carbocycles. The molecule has 0 saturated heterocycles. The van der Waals surface area contributed by atoms with Crippen molar-refractivity contribution in [3.05, 3.63) is 52.8 Å². The minimum absolute atomic E-state index is 0.0509. The van der Waals surface area contributed by atoms with E-state index >= 15 is 0 Å². The van der Waals surface area contributed by atoms with Crippen LogP contribution in [0.1, 0.15) is 22.4 Å². The van der Waals surface area contributed by atoms with Crippen LogP contribution in [0.4, 0.5) is 0 Å². The zero-order valence-electron chi connectivity index (χ0n) is 12.8. The number of carbonyl (C=O) groups excluding carboxylic acids is 1. The minimum Gasteiger partial charge on any atom is -0.376 e. The third-order valence-corrected chi connectivity index (χ3v) is 3.87. The first-order chi connectivity index (χ1) is 10.7. The van der Waals surface area contributed by atoms with Gasteiger partial charge in [0.1, 0.15) is 0 Å². The van der Waals surface area contributed by atoms with Gasteiger partial charge in [-0.05, 0) is 12.5 Å². The van der Waals surface area contributed by atoms with E-state index < -0.39 is 0 Å². The van der Waals surface area contributed by atoms with Gasteiger partial charge in [-0.25, -0.2) is 0 Å². The molecular weight excluding hydrogens is 278 g/mol. The summed E-state index contributed by atoms with van der Waals surface area (Å²) in [6, 6.07) is 8.04. The van der Waals surface area contributed by atoms with Crippen LogP contribution in [0.2, 0.25) is 0 Å². The van der Waals surface area contributed by atoms with Gasteiger partial charge in [-0.3, -0.25) is 9.48 Å². The Bertz CT molecular complexity index is 664. The third kappa shape index (κ3) is 3.54. The highest BCUT2D eigenvalue weighted by Gasteiger charge is 2.15. The minimum atomic E-state index is 0.0509. The summed E-state index contributed by atoms with van der Waals surface area (Å²) >= 11 is 0. The van der Waals surface area contributed by atoms with Crippen LogP contribution in [0.5, 0.6) is 0 Å². The summed E-state index contributed by atoms with van der Waals surface area (Å²) in [6.45, 7) is 4.73.